The van der Waals surface area contributed by atoms with E-state index in [1.54, 1.807) is 0 Å². The van der Waals surface area contributed by atoms with Gasteiger partial charge in [0.05, 0.1) is 12.5 Å². The van der Waals surface area contributed by atoms with Crippen LogP contribution >= 0.6 is 0 Å². The molecule has 0 spiro atoms. The van der Waals surface area contributed by atoms with Gasteiger partial charge in [-0.1, -0.05) is 68.5 Å². The first-order chi connectivity index (χ1) is 15.2. The van der Waals surface area contributed by atoms with Crippen LogP contribution in [0.3, 0.4) is 0 Å². The lowest BCUT2D eigenvalue weighted by Crippen LogP contribution is -2.41. The average Bonchev–Trinajstić information content (AvgIpc) is 2.71. The van der Waals surface area contributed by atoms with Crippen LogP contribution in [0.1, 0.15) is 101 Å². The Bertz CT molecular complexity index is 811. The number of phenolic OH excluding ortho intramolecular Hbond substituents is 2. The van der Waals surface area contributed by atoms with Gasteiger partial charge >= 0.3 is 0 Å². The SMILES string of the molecule is CC(C)c1cc(OC[Si](C)(C)COc2cc(C(C)C)c(O)c(C(C)C)c2)cc(C(C)C)c1O. The highest BCUT2D eigenvalue weighted by atomic mass is 28.3. The van der Waals surface area contributed by atoms with Gasteiger partial charge in [0, 0.05) is 22.3 Å². The molecule has 0 amide bonds. The fourth-order valence-electron chi connectivity index (χ4n) is 3.83. The molecule has 4 nitrogen and oxygen atoms in total. The summed E-state index contributed by atoms with van der Waals surface area (Å²) >= 11 is 0. The minimum atomic E-state index is -1.84. The molecule has 33 heavy (non-hydrogen) atoms. The lowest BCUT2D eigenvalue weighted by atomic mass is 9.93. The monoisotopic (exact) mass is 472 g/mol. The van der Waals surface area contributed by atoms with Crippen molar-refractivity contribution in [1.82, 2.24) is 0 Å². The first-order valence-electron chi connectivity index (χ1n) is 12.2. The lowest BCUT2D eigenvalue weighted by molar-refractivity contribution is 0.342. The second kappa shape index (κ2) is 10.9. The van der Waals surface area contributed by atoms with Gasteiger partial charge in [0.15, 0.2) is 0 Å². The Kier molecular flexibility index (Phi) is 8.92. The van der Waals surface area contributed by atoms with E-state index < -0.39 is 8.07 Å². The van der Waals surface area contributed by atoms with E-state index in [-0.39, 0.29) is 23.7 Å². The minimum absolute atomic E-state index is 0.222. The van der Waals surface area contributed by atoms with E-state index in [2.05, 4.69) is 68.5 Å². The van der Waals surface area contributed by atoms with Crippen molar-refractivity contribution in [2.45, 2.75) is 92.2 Å². The van der Waals surface area contributed by atoms with Crippen LogP contribution in [-0.4, -0.2) is 30.7 Å². The van der Waals surface area contributed by atoms with Crippen LogP contribution in [0.5, 0.6) is 23.0 Å². The molecule has 0 saturated heterocycles. The summed E-state index contributed by atoms with van der Waals surface area (Å²) in [6, 6.07) is 7.89. The van der Waals surface area contributed by atoms with E-state index in [4.69, 9.17) is 9.47 Å². The van der Waals surface area contributed by atoms with Gasteiger partial charge in [0.1, 0.15) is 31.1 Å². The molecule has 0 saturated carbocycles. The number of ether oxygens (including phenoxy) is 2. The predicted octanol–water partition coefficient (Wildman–Crippen LogP) is 7.84. The van der Waals surface area contributed by atoms with Crippen LogP contribution in [-0.2, 0) is 0 Å². The Hall–Kier alpha value is -2.14. The molecule has 0 unspecified atom stereocenters. The molecule has 0 radical (unpaired) electrons. The number of rotatable bonds is 10. The third kappa shape index (κ3) is 6.92. The molecule has 0 aromatic heterocycles. The molecule has 0 aliphatic carbocycles. The van der Waals surface area contributed by atoms with Gasteiger partial charge in [-0.15, -0.1) is 0 Å². The molecule has 2 aromatic rings. The van der Waals surface area contributed by atoms with E-state index in [0.29, 0.717) is 24.0 Å². The molecule has 5 heteroatoms. The molecular weight excluding hydrogens is 428 g/mol. The fourth-order valence-corrected chi connectivity index (χ4v) is 5.03. The second-order valence-electron chi connectivity index (χ2n) is 11.3. The zero-order valence-electron chi connectivity index (χ0n) is 22.2. The molecule has 0 aliphatic heterocycles. The summed E-state index contributed by atoms with van der Waals surface area (Å²) in [5.41, 5.74) is 3.72. The molecule has 184 valence electrons. The molecule has 0 aliphatic rings. The van der Waals surface area contributed by atoms with Crippen molar-refractivity contribution < 1.29 is 19.7 Å². The Morgan fingerprint density at radius 1 is 0.576 bits per heavy atom. The molecule has 0 fully saturated rings. The number of aromatic hydroxyl groups is 2. The highest BCUT2D eigenvalue weighted by Gasteiger charge is 2.25. The standard InChI is InChI=1S/C28H44O4Si/c1-17(2)23-11-21(12-24(18(3)4)27(23)29)31-15-33(9,10)16-32-22-13-25(19(5)6)28(30)26(14-22)20(7)8/h11-14,17-20,29-30H,15-16H2,1-10H3. The van der Waals surface area contributed by atoms with Crippen molar-refractivity contribution in [2.24, 2.45) is 0 Å². The van der Waals surface area contributed by atoms with Crippen molar-refractivity contribution >= 4 is 8.07 Å². The van der Waals surface area contributed by atoms with Crippen molar-refractivity contribution in [3.05, 3.63) is 46.5 Å². The van der Waals surface area contributed by atoms with E-state index in [1.165, 1.54) is 0 Å². The smallest absolute Gasteiger partial charge is 0.136 e. The molecule has 2 N–H and O–H groups in total. The minimum Gasteiger partial charge on any atom is -0.507 e. The first kappa shape index (κ1) is 27.1. The number of hydrogen-bond acceptors (Lipinski definition) is 4. The van der Waals surface area contributed by atoms with Crippen LogP contribution < -0.4 is 9.47 Å². The maximum atomic E-state index is 10.6. The summed E-state index contributed by atoms with van der Waals surface area (Å²) in [4.78, 5) is 0. The Balaban J connectivity index is 2.17. The van der Waals surface area contributed by atoms with Gasteiger partial charge in [0.2, 0.25) is 0 Å². The van der Waals surface area contributed by atoms with Crippen LogP contribution in [0.4, 0.5) is 0 Å². The van der Waals surface area contributed by atoms with Gasteiger partial charge in [-0.25, -0.2) is 0 Å². The molecule has 0 bridgehead atoms. The van der Waals surface area contributed by atoms with Crippen molar-refractivity contribution in [2.75, 3.05) is 12.5 Å². The number of phenols is 2. The quantitative estimate of drug-likeness (QED) is 0.346. The molecule has 0 heterocycles. The van der Waals surface area contributed by atoms with Gasteiger partial charge < -0.3 is 19.7 Å². The van der Waals surface area contributed by atoms with Crippen LogP contribution in [0.25, 0.3) is 0 Å². The largest absolute Gasteiger partial charge is 0.507 e. The summed E-state index contributed by atoms with van der Waals surface area (Å²) in [6.45, 7) is 21.2. The fraction of sp³-hybridized carbons (Fsp3) is 0.571. The summed E-state index contributed by atoms with van der Waals surface area (Å²) < 4.78 is 12.5. The number of benzene rings is 2. The van der Waals surface area contributed by atoms with Gasteiger partial charge in [-0.3, -0.25) is 0 Å². The zero-order chi connectivity index (χ0) is 25.1. The summed E-state index contributed by atoms with van der Waals surface area (Å²) in [5, 5.41) is 21.3. The average molecular weight is 473 g/mol. The Labute approximate surface area is 202 Å². The van der Waals surface area contributed by atoms with Gasteiger partial charge in [0.25, 0.3) is 0 Å². The van der Waals surface area contributed by atoms with E-state index >= 15 is 0 Å². The van der Waals surface area contributed by atoms with E-state index in [9.17, 15) is 10.2 Å². The molecule has 0 atom stereocenters. The molecule has 2 rings (SSSR count). The normalized spacial score (nSPS) is 12.3. The first-order valence-corrected chi connectivity index (χ1v) is 15.6. The van der Waals surface area contributed by atoms with Crippen LogP contribution in [0.15, 0.2) is 24.3 Å². The third-order valence-corrected chi connectivity index (χ3v) is 7.88. The predicted molar refractivity (Wildman–Crippen MR) is 141 cm³/mol. The zero-order valence-corrected chi connectivity index (χ0v) is 23.2. The van der Waals surface area contributed by atoms with E-state index in [0.717, 1.165) is 33.8 Å². The molecular formula is C28H44O4Si. The van der Waals surface area contributed by atoms with Crippen LogP contribution in [0.2, 0.25) is 13.1 Å². The van der Waals surface area contributed by atoms with E-state index in [1.807, 2.05) is 24.3 Å². The Morgan fingerprint density at radius 2 is 0.818 bits per heavy atom. The topological polar surface area (TPSA) is 58.9 Å². The summed E-state index contributed by atoms with van der Waals surface area (Å²) in [6.07, 6.45) is 1.25. The second-order valence-corrected chi connectivity index (χ2v) is 16.2. The van der Waals surface area contributed by atoms with Crippen LogP contribution in [0, 0.1) is 0 Å². The van der Waals surface area contributed by atoms with Gasteiger partial charge in [-0.2, -0.15) is 0 Å². The third-order valence-electron chi connectivity index (χ3n) is 6.03. The summed E-state index contributed by atoms with van der Waals surface area (Å²) in [5.74, 6) is 3.30. The Morgan fingerprint density at radius 3 is 1.03 bits per heavy atom. The maximum Gasteiger partial charge on any atom is 0.136 e. The highest BCUT2D eigenvalue weighted by molar-refractivity contribution is 6.77. The number of hydrogen-bond donors (Lipinski definition) is 2. The van der Waals surface area contributed by atoms with Crippen molar-refractivity contribution in [3.8, 4) is 23.0 Å². The van der Waals surface area contributed by atoms with Crippen molar-refractivity contribution in [1.29, 1.82) is 0 Å². The van der Waals surface area contributed by atoms with Crippen molar-refractivity contribution in [3.63, 3.8) is 0 Å². The maximum absolute atomic E-state index is 10.6. The summed E-state index contributed by atoms with van der Waals surface area (Å²) in [7, 11) is -1.84. The molecule has 2 aromatic carbocycles. The van der Waals surface area contributed by atoms with Gasteiger partial charge in [-0.05, 0) is 47.9 Å². The highest BCUT2D eigenvalue weighted by Crippen LogP contribution is 2.38. The lowest BCUT2D eigenvalue weighted by Gasteiger charge is -2.25.